The molecule has 3 aromatic carbocycles. The van der Waals surface area contributed by atoms with Crippen LogP contribution in [0.4, 0.5) is 11.4 Å². The fraction of sp³-hybridized carbons (Fsp3) is 0.200. The van der Waals surface area contributed by atoms with Gasteiger partial charge in [-0.2, -0.15) is 0 Å². The maximum atomic E-state index is 12.7. The van der Waals surface area contributed by atoms with Crippen LogP contribution in [0, 0.1) is 5.92 Å². The highest BCUT2D eigenvalue weighted by molar-refractivity contribution is 7.89. The Morgan fingerprint density at radius 2 is 1.65 bits per heavy atom. The molecule has 3 aromatic rings. The van der Waals surface area contributed by atoms with Gasteiger partial charge < -0.3 is 10.2 Å². The van der Waals surface area contributed by atoms with E-state index in [0.717, 1.165) is 5.56 Å². The highest BCUT2D eigenvalue weighted by atomic mass is 35.5. The number of nitrogens with zero attached hydrogens (tertiary/aromatic N) is 1. The van der Waals surface area contributed by atoms with Crippen molar-refractivity contribution in [1.29, 1.82) is 0 Å². The summed E-state index contributed by atoms with van der Waals surface area (Å²) < 4.78 is 27.7. The maximum absolute atomic E-state index is 12.7. The minimum Gasteiger partial charge on any atom is -0.326 e. The standard InChI is InChI=1S/C25H24ClN3O4S/c26-20-6-10-22(11-7-20)29-17-19(16-24(29)30)25(31)28-21-8-12-23(13-9-21)34(32,33)27-15-14-18-4-2-1-3-5-18/h1-13,19,27H,14-17H2,(H,28,31). The van der Waals surface area contributed by atoms with Crippen molar-refractivity contribution in [2.75, 3.05) is 23.3 Å². The van der Waals surface area contributed by atoms with E-state index in [9.17, 15) is 18.0 Å². The summed E-state index contributed by atoms with van der Waals surface area (Å²) in [5.74, 6) is -0.932. The fourth-order valence-electron chi connectivity index (χ4n) is 3.77. The first kappa shape index (κ1) is 23.9. The number of hydrogen-bond acceptors (Lipinski definition) is 4. The van der Waals surface area contributed by atoms with Gasteiger partial charge in [-0.3, -0.25) is 9.59 Å². The van der Waals surface area contributed by atoms with Gasteiger partial charge in [-0.1, -0.05) is 41.9 Å². The molecule has 176 valence electrons. The second-order valence-corrected chi connectivity index (χ2v) is 10.2. The summed E-state index contributed by atoms with van der Waals surface area (Å²) in [7, 11) is -3.66. The van der Waals surface area contributed by atoms with Crippen LogP contribution in [0.2, 0.25) is 5.02 Å². The van der Waals surface area contributed by atoms with Gasteiger partial charge in [-0.05, 0) is 60.5 Å². The zero-order valence-corrected chi connectivity index (χ0v) is 19.9. The monoisotopic (exact) mass is 497 g/mol. The van der Waals surface area contributed by atoms with E-state index in [-0.39, 0.29) is 36.2 Å². The first-order valence-electron chi connectivity index (χ1n) is 10.8. The molecule has 0 saturated carbocycles. The van der Waals surface area contributed by atoms with Crippen LogP contribution in [-0.2, 0) is 26.0 Å². The number of amides is 2. The molecule has 0 radical (unpaired) electrons. The summed E-state index contributed by atoms with van der Waals surface area (Å²) in [6.45, 7) is 0.550. The topological polar surface area (TPSA) is 95.6 Å². The summed E-state index contributed by atoms with van der Waals surface area (Å²) in [4.78, 5) is 26.8. The third-order valence-electron chi connectivity index (χ3n) is 5.61. The average molecular weight is 498 g/mol. The molecule has 7 nitrogen and oxygen atoms in total. The maximum Gasteiger partial charge on any atom is 0.240 e. The van der Waals surface area contributed by atoms with Gasteiger partial charge >= 0.3 is 0 Å². The zero-order chi connectivity index (χ0) is 24.1. The molecule has 1 atom stereocenters. The number of nitrogens with one attached hydrogen (secondary N) is 2. The highest BCUT2D eigenvalue weighted by Crippen LogP contribution is 2.27. The quantitative estimate of drug-likeness (QED) is 0.494. The lowest BCUT2D eigenvalue weighted by atomic mass is 10.1. The molecule has 1 heterocycles. The molecular weight excluding hydrogens is 474 g/mol. The van der Waals surface area contributed by atoms with E-state index in [1.165, 1.54) is 24.3 Å². The molecule has 1 saturated heterocycles. The van der Waals surface area contributed by atoms with Gasteiger partial charge in [0.2, 0.25) is 21.8 Å². The van der Waals surface area contributed by atoms with Crippen LogP contribution in [-0.4, -0.2) is 33.3 Å². The first-order chi connectivity index (χ1) is 16.3. The Morgan fingerprint density at radius 1 is 0.971 bits per heavy atom. The number of rotatable bonds is 8. The Hall–Kier alpha value is -3.20. The first-order valence-corrected chi connectivity index (χ1v) is 12.7. The zero-order valence-electron chi connectivity index (χ0n) is 18.3. The van der Waals surface area contributed by atoms with E-state index in [2.05, 4.69) is 10.0 Å². The number of sulfonamides is 1. The number of anilines is 2. The Morgan fingerprint density at radius 3 is 2.32 bits per heavy atom. The molecule has 4 rings (SSSR count). The van der Waals surface area contributed by atoms with Crippen molar-refractivity contribution >= 4 is 44.8 Å². The lowest BCUT2D eigenvalue weighted by Crippen LogP contribution is -2.28. The number of carbonyl (C=O) groups excluding carboxylic acids is 2. The lowest BCUT2D eigenvalue weighted by molar-refractivity contribution is -0.122. The van der Waals surface area contributed by atoms with E-state index in [0.29, 0.717) is 22.8 Å². The van der Waals surface area contributed by atoms with Crippen molar-refractivity contribution in [3.8, 4) is 0 Å². The van der Waals surface area contributed by atoms with Crippen LogP contribution in [0.1, 0.15) is 12.0 Å². The Labute approximate surface area is 203 Å². The Balaban J connectivity index is 1.32. The smallest absolute Gasteiger partial charge is 0.240 e. The van der Waals surface area contributed by atoms with Gasteiger partial charge in [0, 0.05) is 35.9 Å². The summed E-state index contributed by atoms with van der Waals surface area (Å²) >= 11 is 5.90. The molecular formula is C25H24ClN3O4S. The third-order valence-corrected chi connectivity index (χ3v) is 7.34. The minimum absolute atomic E-state index is 0.103. The van der Waals surface area contributed by atoms with Gasteiger partial charge in [-0.25, -0.2) is 13.1 Å². The fourth-order valence-corrected chi connectivity index (χ4v) is 4.93. The number of carbonyl (C=O) groups is 2. The molecule has 0 aliphatic carbocycles. The second-order valence-electron chi connectivity index (χ2n) is 8.03. The SMILES string of the molecule is O=C(Nc1ccc(S(=O)(=O)NCCc2ccccc2)cc1)C1CC(=O)N(c2ccc(Cl)cc2)C1. The molecule has 2 N–H and O–H groups in total. The van der Waals surface area contributed by atoms with E-state index in [1.54, 1.807) is 29.2 Å². The van der Waals surface area contributed by atoms with E-state index in [4.69, 9.17) is 11.6 Å². The summed E-state index contributed by atoms with van der Waals surface area (Å²) in [5, 5.41) is 3.35. The molecule has 0 bridgehead atoms. The van der Waals surface area contributed by atoms with Gasteiger partial charge in [-0.15, -0.1) is 0 Å². The van der Waals surface area contributed by atoms with Crippen molar-refractivity contribution in [1.82, 2.24) is 4.72 Å². The van der Waals surface area contributed by atoms with E-state index < -0.39 is 15.9 Å². The third kappa shape index (κ3) is 5.83. The molecule has 1 fully saturated rings. The molecule has 1 unspecified atom stereocenters. The summed E-state index contributed by atoms with van der Waals surface area (Å²) in [6, 6.07) is 22.5. The van der Waals surface area contributed by atoms with Crippen molar-refractivity contribution < 1.29 is 18.0 Å². The largest absolute Gasteiger partial charge is 0.326 e. The molecule has 0 aromatic heterocycles. The molecule has 2 amide bonds. The highest BCUT2D eigenvalue weighted by Gasteiger charge is 2.35. The van der Waals surface area contributed by atoms with Crippen LogP contribution in [0.25, 0.3) is 0 Å². The van der Waals surface area contributed by atoms with Gasteiger partial charge in [0.05, 0.1) is 10.8 Å². The van der Waals surface area contributed by atoms with Crippen molar-refractivity contribution in [3.05, 3.63) is 89.4 Å². The van der Waals surface area contributed by atoms with E-state index >= 15 is 0 Å². The molecule has 34 heavy (non-hydrogen) atoms. The number of benzene rings is 3. The van der Waals surface area contributed by atoms with Crippen molar-refractivity contribution in [2.45, 2.75) is 17.7 Å². The molecule has 1 aliphatic heterocycles. The normalized spacial score (nSPS) is 16.0. The van der Waals surface area contributed by atoms with E-state index in [1.807, 2.05) is 30.3 Å². The van der Waals surface area contributed by atoms with Crippen molar-refractivity contribution in [3.63, 3.8) is 0 Å². The number of halogens is 1. The molecule has 0 spiro atoms. The second kappa shape index (κ2) is 10.4. The minimum atomic E-state index is -3.66. The van der Waals surface area contributed by atoms with Crippen LogP contribution in [0.3, 0.4) is 0 Å². The van der Waals surface area contributed by atoms with Gasteiger partial charge in [0.25, 0.3) is 0 Å². The van der Waals surface area contributed by atoms with Gasteiger partial charge in [0.15, 0.2) is 0 Å². The Bertz CT molecular complexity index is 1260. The van der Waals surface area contributed by atoms with Crippen molar-refractivity contribution in [2.24, 2.45) is 5.92 Å². The summed E-state index contributed by atoms with van der Waals surface area (Å²) in [5.41, 5.74) is 2.20. The molecule has 1 aliphatic rings. The predicted molar refractivity (Wildman–Crippen MR) is 132 cm³/mol. The summed E-state index contributed by atoms with van der Waals surface area (Å²) in [6.07, 6.45) is 0.688. The van der Waals surface area contributed by atoms with Crippen LogP contribution in [0.15, 0.2) is 83.8 Å². The number of hydrogen-bond donors (Lipinski definition) is 2. The lowest BCUT2D eigenvalue weighted by Gasteiger charge is -2.17. The van der Waals surface area contributed by atoms with Crippen LogP contribution in [0.5, 0.6) is 0 Å². The average Bonchev–Trinajstić information content (AvgIpc) is 3.22. The Kier molecular flexibility index (Phi) is 7.31. The predicted octanol–water partition coefficient (Wildman–Crippen LogP) is 3.85. The van der Waals surface area contributed by atoms with Crippen LogP contribution < -0.4 is 14.9 Å². The van der Waals surface area contributed by atoms with Crippen LogP contribution >= 0.6 is 11.6 Å². The molecule has 9 heteroatoms. The van der Waals surface area contributed by atoms with Gasteiger partial charge in [0.1, 0.15) is 0 Å².